The molecule has 0 radical (unpaired) electrons. The van der Waals surface area contributed by atoms with Gasteiger partial charge < -0.3 is 10.2 Å². The van der Waals surface area contributed by atoms with Crippen LogP contribution >= 0.6 is 0 Å². The summed E-state index contributed by atoms with van der Waals surface area (Å²) in [5, 5.41) is 27.4. The first-order valence-corrected chi connectivity index (χ1v) is 9.55. The second kappa shape index (κ2) is 12.8. The third-order valence-corrected chi connectivity index (χ3v) is 4.89. The first kappa shape index (κ1) is 22.5. The van der Waals surface area contributed by atoms with Crippen LogP contribution in [0.5, 0.6) is 0 Å². The molecule has 6 nitrogen and oxygen atoms in total. The van der Waals surface area contributed by atoms with Crippen molar-refractivity contribution in [1.82, 2.24) is 0 Å². The first-order chi connectivity index (χ1) is 12.5. The Labute approximate surface area is 155 Å². The summed E-state index contributed by atoms with van der Waals surface area (Å²) < 4.78 is 0. The molecular weight excluding hydrogens is 336 g/mol. The Morgan fingerprint density at radius 1 is 1.27 bits per heavy atom. The summed E-state index contributed by atoms with van der Waals surface area (Å²) in [5.74, 6) is -1.15. The normalized spacial score (nSPS) is 24.7. The molecule has 1 saturated carbocycles. The highest BCUT2D eigenvalue weighted by molar-refractivity contribution is 5.84. The van der Waals surface area contributed by atoms with Crippen LogP contribution in [0, 0.1) is 11.8 Å². The summed E-state index contributed by atoms with van der Waals surface area (Å²) in [6, 6.07) is 0. The zero-order valence-corrected chi connectivity index (χ0v) is 15.5. The smallest absolute Gasteiger partial charge is 0.303 e. The number of Topliss-reactive ketones (excluding diaryl/α,β-unsaturated/α-hetero) is 1. The summed E-state index contributed by atoms with van der Waals surface area (Å²) in [6.45, 7) is 1.88. The Bertz CT molecular complexity index is 481. The average molecular weight is 368 g/mol. The summed E-state index contributed by atoms with van der Waals surface area (Å²) in [4.78, 5) is 26.9. The first-order valence-electron chi connectivity index (χ1n) is 9.55. The fourth-order valence-electron chi connectivity index (χ4n) is 3.28. The Morgan fingerprint density at radius 2 is 2.00 bits per heavy atom. The van der Waals surface area contributed by atoms with E-state index in [1.165, 1.54) is 0 Å². The van der Waals surface area contributed by atoms with Crippen LogP contribution in [0.15, 0.2) is 24.3 Å². The number of carbonyl (C=O) groups excluding carboxylic acids is 1. The minimum Gasteiger partial charge on any atom is -0.481 e. The van der Waals surface area contributed by atoms with Crippen LogP contribution in [-0.2, 0) is 14.5 Å². The van der Waals surface area contributed by atoms with Gasteiger partial charge in [0.15, 0.2) is 0 Å². The summed E-state index contributed by atoms with van der Waals surface area (Å²) in [5.41, 5.74) is 0. The number of hydrogen-bond donors (Lipinski definition) is 3. The highest BCUT2D eigenvalue weighted by Crippen LogP contribution is 2.33. The molecule has 0 saturated heterocycles. The molecule has 0 aromatic carbocycles. The lowest BCUT2D eigenvalue weighted by Gasteiger charge is -2.16. The van der Waals surface area contributed by atoms with Crippen LogP contribution in [0.25, 0.3) is 0 Å². The van der Waals surface area contributed by atoms with Gasteiger partial charge in [0.05, 0.1) is 6.10 Å². The molecule has 1 aliphatic rings. The topological polar surface area (TPSA) is 104 Å². The van der Waals surface area contributed by atoms with Crippen molar-refractivity contribution in [3.63, 3.8) is 0 Å². The maximum absolute atomic E-state index is 12.1. The monoisotopic (exact) mass is 368 g/mol. The molecule has 1 fully saturated rings. The zero-order valence-electron chi connectivity index (χ0n) is 15.5. The lowest BCUT2D eigenvalue weighted by Crippen LogP contribution is -2.19. The number of carboxylic acid groups (broad SMARTS) is 1. The van der Waals surface area contributed by atoms with Crippen LogP contribution in [-0.4, -0.2) is 39.4 Å². The standard InChI is InChI=1S/C20H32O6/c1-2-15(26-25)12-13-17-16(18(21)14-19(17)22)10-8-6-4-3-5-7-9-11-20(23)24/h6,8,12-13,15-17,19,22,25H,2-5,7,9-11,14H2,1H3,(H,23,24)/t15?,16-,17-,19-/m0/s1. The van der Waals surface area contributed by atoms with Crippen molar-refractivity contribution in [1.29, 1.82) is 0 Å². The molecular formula is C20H32O6. The van der Waals surface area contributed by atoms with E-state index in [0.717, 1.165) is 32.1 Å². The minimum absolute atomic E-state index is 0.0726. The number of aliphatic carboxylic acids is 1. The largest absolute Gasteiger partial charge is 0.481 e. The summed E-state index contributed by atoms with van der Waals surface area (Å²) in [7, 11) is 0. The quantitative estimate of drug-likeness (QED) is 0.198. The molecule has 0 amide bonds. The number of rotatable bonds is 13. The molecule has 0 aromatic rings. The lowest BCUT2D eigenvalue weighted by molar-refractivity contribution is -0.266. The minimum atomic E-state index is -0.743. The molecule has 1 rings (SSSR count). The van der Waals surface area contributed by atoms with Gasteiger partial charge in [-0.05, 0) is 32.1 Å². The Morgan fingerprint density at radius 3 is 2.65 bits per heavy atom. The lowest BCUT2D eigenvalue weighted by atomic mass is 9.90. The SMILES string of the molecule is CCC(C=C[C@H]1[C@H](CC=CCCCCCCC(=O)O)C(=O)C[C@@H]1O)OO. The Balaban J connectivity index is 2.36. The van der Waals surface area contributed by atoms with E-state index in [1.807, 2.05) is 13.0 Å². The van der Waals surface area contributed by atoms with Crippen molar-refractivity contribution in [3.8, 4) is 0 Å². The molecule has 1 aliphatic carbocycles. The van der Waals surface area contributed by atoms with E-state index in [0.29, 0.717) is 12.8 Å². The van der Waals surface area contributed by atoms with E-state index < -0.39 is 18.2 Å². The molecule has 26 heavy (non-hydrogen) atoms. The van der Waals surface area contributed by atoms with E-state index in [-0.39, 0.29) is 30.5 Å². The van der Waals surface area contributed by atoms with Gasteiger partial charge in [-0.2, -0.15) is 0 Å². The molecule has 0 heterocycles. The van der Waals surface area contributed by atoms with Crippen molar-refractivity contribution in [3.05, 3.63) is 24.3 Å². The number of carbonyl (C=O) groups is 2. The molecule has 3 N–H and O–H groups in total. The van der Waals surface area contributed by atoms with Crippen LogP contribution in [0.1, 0.15) is 64.7 Å². The third kappa shape index (κ3) is 8.25. The molecule has 148 valence electrons. The molecule has 0 aliphatic heterocycles. The van der Waals surface area contributed by atoms with Crippen molar-refractivity contribution in [2.45, 2.75) is 76.9 Å². The Hall–Kier alpha value is -1.50. The van der Waals surface area contributed by atoms with Gasteiger partial charge in [0.2, 0.25) is 0 Å². The van der Waals surface area contributed by atoms with Gasteiger partial charge in [-0.1, -0.05) is 44.1 Å². The third-order valence-electron chi connectivity index (χ3n) is 4.89. The maximum Gasteiger partial charge on any atom is 0.303 e. The van der Waals surface area contributed by atoms with Gasteiger partial charge >= 0.3 is 5.97 Å². The number of unbranched alkanes of at least 4 members (excludes halogenated alkanes) is 4. The van der Waals surface area contributed by atoms with Crippen LogP contribution in [0.2, 0.25) is 0 Å². The van der Waals surface area contributed by atoms with Gasteiger partial charge in [-0.15, -0.1) is 0 Å². The number of allylic oxidation sites excluding steroid dienone is 2. The molecule has 0 aromatic heterocycles. The van der Waals surface area contributed by atoms with E-state index in [9.17, 15) is 14.7 Å². The Kier molecular flexibility index (Phi) is 11.1. The van der Waals surface area contributed by atoms with Gasteiger partial charge in [0.25, 0.3) is 0 Å². The van der Waals surface area contributed by atoms with Crippen LogP contribution < -0.4 is 0 Å². The number of carboxylic acids is 1. The second-order valence-electron chi connectivity index (χ2n) is 6.91. The van der Waals surface area contributed by atoms with Crippen molar-refractivity contribution < 1.29 is 29.9 Å². The fourth-order valence-corrected chi connectivity index (χ4v) is 3.28. The average Bonchev–Trinajstić information content (AvgIpc) is 2.87. The van der Waals surface area contributed by atoms with E-state index >= 15 is 0 Å². The van der Waals surface area contributed by atoms with Gasteiger partial charge in [0, 0.05) is 24.7 Å². The van der Waals surface area contributed by atoms with Crippen LogP contribution in [0.3, 0.4) is 0 Å². The molecule has 6 heteroatoms. The van der Waals surface area contributed by atoms with Crippen LogP contribution in [0.4, 0.5) is 0 Å². The number of aliphatic hydroxyl groups is 1. The van der Waals surface area contributed by atoms with E-state index in [1.54, 1.807) is 12.2 Å². The highest BCUT2D eigenvalue weighted by Gasteiger charge is 2.39. The molecule has 1 unspecified atom stereocenters. The molecule has 0 bridgehead atoms. The van der Waals surface area contributed by atoms with Crippen molar-refractivity contribution in [2.24, 2.45) is 11.8 Å². The van der Waals surface area contributed by atoms with E-state index in [4.69, 9.17) is 10.4 Å². The predicted octanol–water partition coefficient (Wildman–Crippen LogP) is 3.75. The number of hydrogen-bond acceptors (Lipinski definition) is 5. The zero-order chi connectivity index (χ0) is 19.4. The second-order valence-corrected chi connectivity index (χ2v) is 6.91. The highest BCUT2D eigenvalue weighted by atomic mass is 17.1. The summed E-state index contributed by atoms with van der Waals surface area (Å²) >= 11 is 0. The molecule has 4 atom stereocenters. The number of aliphatic hydroxyl groups excluding tert-OH is 1. The predicted molar refractivity (Wildman–Crippen MR) is 98.6 cm³/mol. The number of ketones is 1. The van der Waals surface area contributed by atoms with Crippen molar-refractivity contribution >= 4 is 11.8 Å². The fraction of sp³-hybridized carbons (Fsp3) is 0.700. The maximum atomic E-state index is 12.1. The van der Waals surface area contributed by atoms with E-state index in [2.05, 4.69) is 11.0 Å². The van der Waals surface area contributed by atoms with Crippen molar-refractivity contribution in [2.75, 3.05) is 0 Å². The van der Waals surface area contributed by atoms with Gasteiger partial charge in [-0.25, -0.2) is 4.89 Å². The molecule has 0 spiro atoms. The van der Waals surface area contributed by atoms with Gasteiger partial charge in [-0.3, -0.25) is 14.8 Å². The van der Waals surface area contributed by atoms with Gasteiger partial charge in [0.1, 0.15) is 11.9 Å². The summed E-state index contributed by atoms with van der Waals surface area (Å²) in [6.07, 6.45) is 12.6.